The van der Waals surface area contributed by atoms with Gasteiger partial charge in [-0.05, 0) is 33.9 Å². The highest BCUT2D eigenvalue weighted by atomic mass is 127. The Labute approximate surface area is 180 Å². The number of oxazole rings is 1. The van der Waals surface area contributed by atoms with Crippen LogP contribution in [0.15, 0.2) is 15.6 Å². The molecule has 2 rings (SSSR count). The molecule has 2 N–H and O–H groups in total. The van der Waals surface area contributed by atoms with E-state index in [9.17, 15) is 0 Å². The first-order valence-electron chi connectivity index (χ1n) is 9.49. The fourth-order valence-electron chi connectivity index (χ4n) is 3.00. The van der Waals surface area contributed by atoms with Crippen molar-refractivity contribution in [3.63, 3.8) is 0 Å². The Hall–Kier alpha value is -0.870. The van der Waals surface area contributed by atoms with Crippen molar-refractivity contribution < 1.29 is 9.15 Å². The molecule has 1 aromatic rings. The largest absolute Gasteiger partial charge is 0.443 e. The van der Waals surface area contributed by atoms with Crippen LogP contribution in [0.3, 0.4) is 0 Å². The molecule has 0 unspecified atom stereocenters. The third-order valence-corrected chi connectivity index (χ3v) is 4.97. The maximum Gasteiger partial charge on any atom is 0.216 e. The number of likely N-dealkylation sites (N-methyl/N-ethyl adjacent to an activating group) is 1. The summed E-state index contributed by atoms with van der Waals surface area (Å²) < 4.78 is 11.4. The van der Waals surface area contributed by atoms with Gasteiger partial charge in [0.25, 0.3) is 0 Å². The molecule has 0 atom stereocenters. The van der Waals surface area contributed by atoms with E-state index in [1.165, 1.54) is 0 Å². The average Bonchev–Trinajstić information content (AvgIpc) is 3.07. The second kappa shape index (κ2) is 10.6. The Bertz CT molecular complexity index is 589. The van der Waals surface area contributed by atoms with E-state index in [1.807, 2.05) is 0 Å². The lowest BCUT2D eigenvalue weighted by Crippen LogP contribution is -2.57. The van der Waals surface area contributed by atoms with Gasteiger partial charge in [0, 0.05) is 37.3 Å². The molecular formula is C19H36IN5O2. The fraction of sp³-hybridized carbons (Fsp3) is 0.789. The van der Waals surface area contributed by atoms with Crippen LogP contribution < -0.4 is 10.6 Å². The second-order valence-corrected chi connectivity index (χ2v) is 8.15. The highest BCUT2D eigenvalue weighted by molar-refractivity contribution is 14.0. The van der Waals surface area contributed by atoms with Crippen molar-refractivity contribution in [2.75, 3.05) is 40.4 Å². The molecule has 156 valence electrons. The van der Waals surface area contributed by atoms with Gasteiger partial charge in [0.1, 0.15) is 12.3 Å². The maximum atomic E-state index is 5.83. The van der Waals surface area contributed by atoms with Crippen LogP contribution in [0.25, 0.3) is 0 Å². The highest BCUT2D eigenvalue weighted by Crippen LogP contribution is 2.25. The molecule has 27 heavy (non-hydrogen) atoms. The molecule has 1 saturated heterocycles. The van der Waals surface area contributed by atoms with Crippen molar-refractivity contribution in [2.24, 2.45) is 4.99 Å². The van der Waals surface area contributed by atoms with Crippen LogP contribution in [-0.4, -0.2) is 61.8 Å². The third-order valence-electron chi connectivity index (χ3n) is 4.97. The van der Waals surface area contributed by atoms with Gasteiger partial charge >= 0.3 is 0 Å². The van der Waals surface area contributed by atoms with Crippen molar-refractivity contribution in [3.05, 3.63) is 17.8 Å². The van der Waals surface area contributed by atoms with Crippen molar-refractivity contribution in [1.82, 2.24) is 20.5 Å². The first-order chi connectivity index (χ1) is 12.3. The molecule has 0 radical (unpaired) electrons. The third kappa shape index (κ3) is 6.90. The molecule has 1 aliphatic heterocycles. The standard InChI is InChI=1S/C19H35N5O2.HI/c1-7-20-17(22-13-16-21-12-15(26-16)18(2,3)4)23-14-19(24(5)6)8-10-25-11-9-19;/h12H,7-11,13-14H2,1-6H3,(H2,20,22,23);1H. The van der Waals surface area contributed by atoms with Crippen molar-refractivity contribution in [3.8, 4) is 0 Å². The SMILES string of the molecule is CCNC(=NCc1ncc(C(C)(C)C)o1)NCC1(N(C)C)CCOCC1.I. The van der Waals surface area contributed by atoms with Crippen LogP contribution in [0, 0.1) is 0 Å². The van der Waals surface area contributed by atoms with E-state index < -0.39 is 0 Å². The van der Waals surface area contributed by atoms with Gasteiger partial charge in [-0.2, -0.15) is 0 Å². The van der Waals surface area contributed by atoms with E-state index in [-0.39, 0.29) is 34.9 Å². The summed E-state index contributed by atoms with van der Waals surface area (Å²) in [5.41, 5.74) is 0.0512. The van der Waals surface area contributed by atoms with Gasteiger partial charge < -0.3 is 24.7 Å². The van der Waals surface area contributed by atoms with Crippen LogP contribution in [0.4, 0.5) is 0 Å². The zero-order chi connectivity index (χ0) is 19.2. The van der Waals surface area contributed by atoms with Gasteiger partial charge in [-0.3, -0.25) is 0 Å². The van der Waals surface area contributed by atoms with Gasteiger partial charge in [0.2, 0.25) is 5.89 Å². The van der Waals surface area contributed by atoms with E-state index in [4.69, 9.17) is 9.15 Å². The monoisotopic (exact) mass is 493 g/mol. The minimum Gasteiger partial charge on any atom is -0.443 e. The summed E-state index contributed by atoms with van der Waals surface area (Å²) in [6.45, 7) is 12.1. The summed E-state index contributed by atoms with van der Waals surface area (Å²) in [6, 6.07) is 0. The summed E-state index contributed by atoms with van der Waals surface area (Å²) in [7, 11) is 4.27. The van der Waals surface area contributed by atoms with Crippen LogP contribution in [-0.2, 0) is 16.7 Å². The average molecular weight is 493 g/mol. The van der Waals surface area contributed by atoms with Crippen LogP contribution in [0.5, 0.6) is 0 Å². The van der Waals surface area contributed by atoms with E-state index in [1.54, 1.807) is 6.20 Å². The number of hydrogen-bond acceptors (Lipinski definition) is 5. The van der Waals surface area contributed by atoms with Gasteiger partial charge in [0.05, 0.1) is 6.20 Å². The smallest absolute Gasteiger partial charge is 0.216 e. The molecule has 8 heteroatoms. The molecule has 0 aromatic carbocycles. The highest BCUT2D eigenvalue weighted by Gasteiger charge is 2.34. The van der Waals surface area contributed by atoms with E-state index in [2.05, 4.69) is 67.3 Å². The Morgan fingerprint density at radius 3 is 2.44 bits per heavy atom. The Morgan fingerprint density at radius 1 is 1.26 bits per heavy atom. The molecule has 0 aliphatic carbocycles. The molecule has 0 saturated carbocycles. The molecule has 0 bridgehead atoms. The number of aromatic nitrogens is 1. The lowest BCUT2D eigenvalue weighted by molar-refractivity contribution is -0.00501. The van der Waals surface area contributed by atoms with Gasteiger partial charge in [-0.25, -0.2) is 9.98 Å². The minimum atomic E-state index is -0.0428. The predicted molar refractivity (Wildman–Crippen MR) is 120 cm³/mol. The van der Waals surface area contributed by atoms with Crippen molar-refractivity contribution in [2.45, 2.75) is 58.0 Å². The number of rotatable bonds is 6. The second-order valence-electron chi connectivity index (χ2n) is 8.15. The lowest BCUT2D eigenvalue weighted by Gasteiger charge is -2.43. The zero-order valence-corrected chi connectivity index (χ0v) is 19.9. The van der Waals surface area contributed by atoms with Crippen LogP contribution >= 0.6 is 24.0 Å². The van der Waals surface area contributed by atoms with Crippen LogP contribution in [0.1, 0.15) is 52.2 Å². The first kappa shape index (κ1) is 24.2. The predicted octanol–water partition coefficient (Wildman–Crippen LogP) is 2.76. The normalized spacial score (nSPS) is 17.5. The molecule has 1 fully saturated rings. The van der Waals surface area contributed by atoms with E-state index in [0.29, 0.717) is 12.4 Å². The van der Waals surface area contributed by atoms with Gasteiger partial charge in [0.15, 0.2) is 5.96 Å². The Kier molecular flexibility index (Phi) is 9.50. The van der Waals surface area contributed by atoms with Crippen LogP contribution in [0.2, 0.25) is 0 Å². The Morgan fingerprint density at radius 2 is 1.93 bits per heavy atom. The van der Waals surface area contributed by atoms with E-state index in [0.717, 1.165) is 50.9 Å². The summed E-state index contributed by atoms with van der Waals surface area (Å²) >= 11 is 0. The fourth-order valence-corrected chi connectivity index (χ4v) is 3.00. The number of aliphatic imine (C=N–C) groups is 1. The number of nitrogens with one attached hydrogen (secondary N) is 2. The maximum absolute atomic E-state index is 5.83. The number of halogens is 1. The summed E-state index contributed by atoms with van der Waals surface area (Å²) in [4.78, 5) is 11.3. The minimum absolute atomic E-state index is 0. The summed E-state index contributed by atoms with van der Waals surface area (Å²) in [5, 5.41) is 6.80. The molecule has 7 nitrogen and oxygen atoms in total. The molecule has 2 heterocycles. The zero-order valence-electron chi connectivity index (χ0n) is 17.6. The molecule has 0 amide bonds. The number of hydrogen-bond donors (Lipinski definition) is 2. The molecular weight excluding hydrogens is 457 g/mol. The van der Waals surface area contributed by atoms with E-state index >= 15 is 0 Å². The number of nitrogens with zero attached hydrogens (tertiary/aromatic N) is 3. The van der Waals surface area contributed by atoms with Gasteiger partial charge in [-0.15, -0.1) is 24.0 Å². The Balaban J connectivity index is 0.00000364. The van der Waals surface area contributed by atoms with Gasteiger partial charge in [-0.1, -0.05) is 20.8 Å². The molecule has 1 aromatic heterocycles. The molecule has 0 spiro atoms. The molecule has 1 aliphatic rings. The summed E-state index contributed by atoms with van der Waals surface area (Å²) in [5.74, 6) is 2.31. The topological polar surface area (TPSA) is 74.9 Å². The summed E-state index contributed by atoms with van der Waals surface area (Å²) in [6.07, 6.45) is 3.83. The number of ether oxygens (including phenoxy) is 1. The number of guanidine groups is 1. The lowest BCUT2D eigenvalue weighted by atomic mass is 9.88. The van der Waals surface area contributed by atoms with Crippen molar-refractivity contribution >= 4 is 29.9 Å². The first-order valence-corrected chi connectivity index (χ1v) is 9.49. The quantitative estimate of drug-likeness (QED) is 0.361. The van der Waals surface area contributed by atoms with Crippen molar-refractivity contribution in [1.29, 1.82) is 0 Å².